The first-order chi connectivity index (χ1) is 10.9. The third-order valence-electron chi connectivity index (χ3n) is 2.98. The zero-order chi connectivity index (χ0) is 16.9. The van der Waals surface area contributed by atoms with Crippen molar-refractivity contribution in [2.24, 2.45) is 0 Å². The smallest absolute Gasteiger partial charge is 0.251 e. The highest BCUT2D eigenvalue weighted by molar-refractivity contribution is 7.93. The maximum atomic E-state index is 12.2. The fourth-order valence-corrected chi connectivity index (χ4v) is 2.94. The Morgan fingerprint density at radius 1 is 1.26 bits per heavy atom. The van der Waals surface area contributed by atoms with E-state index in [1.54, 1.807) is 30.3 Å². The molecule has 2 aromatic carbocycles. The fraction of sp³-hybridized carbons (Fsp3) is 0.0625. The Morgan fingerprint density at radius 3 is 2.57 bits per heavy atom. The second-order valence-electron chi connectivity index (χ2n) is 4.64. The molecule has 0 spiro atoms. The van der Waals surface area contributed by atoms with Crippen LogP contribution in [0.15, 0.2) is 53.4 Å². The number of nitriles is 1. The molecule has 2 N–H and O–H groups in total. The van der Waals surface area contributed by atoms with Crippen molar-refractivity contribution < 1.29 is 13.5 Å². The van der Waals surface area contributed by atoms with Crippen molar-refractivity contribution in [2.45, 2.75) is 6.54 Å². The van der Waals surface area contributed by atoms with Crippen LogP contribution in [0.3, 0.4) is 0 Å². The average molecular weight is 349 g/mol. The lowest BCUT2D eigenvalue weighted by Gasteiger charge is -2.06. The third-order valence-corrected chi connectivity index (χ3v) is 4.62. The molecule has 2 aromatic rings. The van der Waals surface area contributed by atoms with Gasteiger partial charge in [0.25, 0.3) is 10.0 Å². The quantitative estimate of drug-likeness (QED) is 0.812. The highest BCUT2D eigenvalue weighted by Gasteiger charge is 2.17. The van der Waals surface area contributed by atoms with Crippen LogP contribution in [0.4, 0.5) is 0 Å². The molecule has 0 saturated carbocycles. The molecule has 0 aromatic heterocycles. The van der Waals surface area contributed by atoms with E-state index in [9.17, 15) is 13.5 Å². The highest BCUT2D eigenvalue weighted by Crippen LogP contribution is 2.24. The summed E-state index contributed by atoms with van der Waals surface area (Å²) in [5.74, 6) is -0.0456. The van der Waals surface area contributed by atoms with Gasteiger partial charge in [0, 0.05) is 6.54 Å². The van der Waals surface area contributed by atoms with Crippen molar-refractivity contribution in [3.63, 3.8) is 0 Å². The van der Waals surface area contributed by atoms with Crippen molar-refractivity contribution >= 4 is 27.7 Å². The lowest BCUT2D eigenvalue weighted by atomic mass is 10.2. The average Bonchev–Trinajstić information content (AvgIpc) is 2.53. The van der Waals surface area contributed by atoms with Crippen LogP contribution < -0.4 is 4.72 Å². The molecule has 0 aliphatic carbocycles. The Hall–Kier alpha value is -2.33. The van der Waals surface area contributed by atoms with Crippen LogP contribution >= 0.6 is 11.6 Å². The topological polar surface area (TPSA) is 90.2 Å². The Labute approximate surface area is 139 Å². The predicted octanol–water partition coefficient (Wildman–Crippen LogP) is 3.03. The van der Waals surface area contributed by atoms with Gasteiger partial charge in [0.1, 0.15) is 11.8 Å². The maximum absolute atomic E-state index is 12.2. The predicted molar refractivity (Wildman–Crippen MR) is 88.9 cm³/mol. The minimum absolute atomic E-state index is 0.0456. The largest absolute Gasteiger partial charge is 0.508 e. The molecular formula is C16H13ClN2O3S. The first-order valence-corrected chi connectivity index (χ1v) is 8.42. The van der Waals surface area contributed by atoms with Gasteiger partial charge in [0.2, 0.25) is 0 Å². The summed E-state index contributed by atoms with van der Waals surface area (Å²) in [6.07, 6.45) is 1.16. The van der Waals surface area contributed by atoms with Gasteiger partial charge in [-0.2, -0.15) is 5.26 Å². The first-order valence-electron chi connectivity index (χ1n) is 6.56. The molecule has 0 saturated heterocycles. The molecule has 0 aliphatic heterocycles. The fourth-order valence-electron chi connectivity index (χ4n) is 1.80. The van der Waals surface area contributed by atoms with Gasteiger partial charge in [-0.1, -0.05) is 41.9 Å². The Balaban J connectivity index is 2.25. The number of hydrogen-bond acceptors (Lipinski definition) is 4. The van der Waals surface area contributed by atoms with E-state index in [1.165, 1.54) is 18.2 Å². The molecule has 0 fully saturated rings. The highest BCUT2D eigenvalue weighted by atomic mass is 35.5. The van der Waals surface area contributed by atoms with Gasteiger partial charge in [-0.15, -0.1) is 0 Å². The summed E-state index contributed by atoms with van der Waals surface area (Å²) < 4.78 is 26.8. The molecule has 2 rings (SSSR count). The number of allylic oxidation sites excluding steroid dienone is 1. The summed E-state index contributed by atoms with van der Waals surface area (Å²) >= 11 is 5.92. The number of nitrogens with zero attached hydrogens (tertiary/aromatic N) is 1. The van der Waals surface area contributed by atoms with E-state index in [4.69, 9.17) is 16.9 Å². The Bertz CT molecular complexity index is 872. The molecule has 0 aliphatic rings. The van der Waals surface area contributed by atoms with E-state index >= 15 is 0 Å². The molecule has 0 heterocycles. The molecule has 23 heavy (non-hydrogen) atoms. The summed E-state index contributed by atoms with van der Waals surface area (Å²) in [7, 11) is -3.97. The van der Waals surface area contributed by atoms with Gasteiger partial charge >= 0.3 is 0 Å². The summed E-state index contributed by atoms with van der Waals surface area (Å²) in [5, 5.41) is 18.6. The minimum Gasteiger partial charge on any atom is -0.508 e. The number of phenols is 1. The van der Waals surface area contributed by atoms with Crippen molar-refractivity contribution in [1.29, 1.82) is 5.26 Å². The molecule has 118 valence electrons. The second-order valence-corrected chi connectivity index (χ2v) is 6.78. The van der Waals surface area contributed by atoms with Crippen molar-refractivity contribution in [2.75, 3.05) is 0 Å². The standard InChI is InChI=1S/C16H13ClN2O3S/c17-16-9-14(20)7-6-13(16)8-15(10-18)23(21,22)19-11-12-4-2-1-3-5-12/h1-9,19-20H,11H2/b15-8-. The van der Waals surface area contributed by atoms with E-state index < -0.39 is 14.9 Å². The molecular weight excluding hydrogens is 336 g/mol. The van der Waals surface area contributed by atoms with Crippen LogP contribution in [-0.4, -0.2) is 13.5 Å². The monoisotopic (exact) mass is 348 g/mol. The second kappa shape index (κ2) is 7.29. The van der Waals surface area contributed by atoms with Gasteiger partial charge < -0.3 is 5.11 Å². The molecule has 0 amide bonds. The Morgan fingerprint density at radius 2 is 1.96 bits per heavy atom. The third kappa shape index (κ3) is 4.57. The number of sulfonamides is 1. The van der Waals surface area contributed by atoms with Crippen LogP contribution in [0.25, 0.3) is 6.08 Å². The summed E-state index contributed by atoms with van der Waals surface area (Å²) in [4.78, 5) is -0.457. The number of phenolic OH excluding ortho intramolecular Hbond substituents is 1. The van der Waals surface area contributed by atoms with Crippen molar-refractivity contribution in [3.05, 3.63) is 69.6 Å². The SMILES string of the molecule is N#C/C(=C/c1ccc(O)cc1Cl)S(=O)(=O)NCc1ccccc1. The van der Waals surface area contributed by atoms with Gasteiger partial charge in [-0.3, -0.25) is 0 Å². The van der Waals surface area contributed by atoms with E-state index in [2.05, 4.69) is 4.72 Å². The molecule has 7 heteroatoms. The number of aromatic hydroxyl groups is 1. The van der Waals surface area contributed by atoms with Crippen molar-refractivity contribution in [3.8, 4) is 11.8 Å². The van der Waals surface area contributed by atoms with Gasteiger partial charge in [0.15, 0.2) is 4.91 Å². The zero-order valence-electron chi connectivity index (χ0n) is 11.9. The van der Waals surface area contributed by atoms with E-state index in [1.807, 2.05) is 6.07 Å². The molecule has 5 nitrogen and oxygen atoms in total. The van der Waals surface area contributed by atoms with Gasteiger partial charge in [-0.05, 0) is 35.4 Å². The van der Waals surface area contributed by atoms with Crippen LogP contribution in [0.1, 0.15) is 11.1 Å². The summed E-state index contributed by atoms with van der Waals surface area (Å²) in [6.45, 7) is 0.0749. The normalized spacial score (nSPS) is 11.9. The summed E-state index contributed by atoms with van der Waals surface area (Å²) in [5.41, 5.74) is 1.10. The van der Waals surface area contributed by atoms with Gasteiger partial charge in [-0.25, -0.2) is 13.1 Å². The number of hydrogen-bond donors (Lipinski definition) is 2. The number of halogens is 1. The van der Waals surface area contributed by atoms with Crippen LogP contribution in [0.2, 0.25) is 5.02 Å². The Kier molecular flexibility index (Phi) is 5.40. The van der Waals surface area contributed by atoms with Crippen LogP contribution in [-0.2, 0) is 16.6 Å². The van der Waals surface area contributed by atoms with E-state index in [-0.39, 0.29) is 17.3 Å². The van der Waals surface area contributed by atoms with Crippen molar-refractivity contribution in [1.82, 2.24) is 4.72 Å². The molecule has 0 radical (unpaired) electrons. The summed E-state index contributed by atoms with van der Waals surface area (Å²) in [6, 6.07) is 14.7. The number of rotatable bonds is 5. The number of nitrogens with one attached hydrogen (secondary N) is 1. The zero-order valence-corrected chi connectivity index (χ0v) is 13.5. The first kappa shape index (κ1) is 17.0. The van der Waals surface area contributed by atoms with E-state index in [0.717, 1.165) is 11.6 Å². The molecule has 0 atom stereocenters. The maximum Gasteiger partial charge on any atom is 0.251 e. The lowest BCUT2D eigenvalue weighted by Crippen LogP contribution is -2.24. The minimum atomic E-state index is -3.97. The lowest BCUT2D eigenvalue weighted by molar-refractivity contribution is 0.475. The molecule has 0 unspecified atom stereocenters. The number of benzene rings is 2. The van der Waals surface area contributed by atoms with Gasteiger partial charge in [0.05, 0.1) is 5.02 Å². The van der Waals surface area contributed by atoms with Crippen LogP contribution in [0, 0.1) is 11.3 Å². The van der Waals surface area contributed by atoms with E-state index in [0.29, 0.717) is 5.56 Å². The molecule has 0 bridgehead atoms. The van der Waals surface area contributed by atoms with Crippen LogP contribution in [0.5, 0.6) is 5.75 Å².